The lowest BCUT2D eigenvalue weighted by Crippen LogP contribution is -2.25. The summed E-state index contributed by atoms with van der Waals surface area (Å²) in [5.74, 6) is 0.659. The molecule has 0 N–H and O–H groups in total. The molecule has 2 rings (SSSR count). The van der Waals surface area contributed by atoms with Crippen LogP contribution in [-0.4, -0.2) is 19.4 Å². The number of nitrogens with zero attached hydrogens (tertiary/aromatic N) is 1. The van der Waals surface area contributed by atoms with Crippen molar-refractivity contribution < 1.29 is 18.0 Å². The van der Waals surface area contributed by atoms with E-state index in [4.69, 9.17) is 0 Å². The van der Waals surface area contributed by atoms with Crippen molar-refractivity contribution in [3.05, 3.63) is 29.3 Å². The first kappa shape index (κ1) is 15.9. The summed E-state index contributed by atoms with van der Waals surface area (Å²) in [5, 5.41) is 0. The molecule has 1 saturated heterocycles. The maximum Gasteiger partial charge on any atom is 0.417 e. The van der Waals surface area contributed by atoms with Gasteiger partial charge in [0, 0.05) is 24.3 Å². The van der Waals surface area contributed by atoms with Crippen LogP contribution < -0.4 is 4.90 Å². The van der Waals surface area contributed by atoms with E-state index in [1.54, 1.807) is 6.07 Å². The zero-order valence-electron chi connectivity index (χ0n) is 12.1. The van der Waals surface area contributed by atoms with E-state index in [2.05, 4.69) is 6.92 Å². The summed E-state index contributed by atoms with van der Waals surface area (Å²) in [6.07, 6.45) is 0.0199. The minimum atomic E-state index is -4.50. The molecule has 0 bridgehead atoms. The van der Waals surface area contributed by atoms with Crippen LogP contribution in [0.5, 0.6) is 0 Å². The minimum absolute atomic E-state index is 0.266. The molecule has 1 unspecified atom stereocenters. The summed E-state index contributed by atoms with van der Waals surface area (Å²) in [6, 6.07) is 3.99. The third kappa shape index (κ3) is 3.77. The summed E-state index contributed by atoms with van der Waals surface area (Å²) < 4.78 is 39.0. The van der Waals surface area contributed by atoms with E-state index in [1.165, 1.54) is 6.07 Å². The number of benzene rings is 1. The number of alkyl halides is 3. The van der Waals surface area contributed by atoms with Crippen LogP contribution in [-0.2, 0) is 6.18 Å². The SMILES string of the molecule is CCC1CCCN(c2ccc(C=O)c(C(F)(F)F)c2)CC1. The lowest BCUT2D eigenvalue weighted by Gasteiger charge is -2.24. The lowest BCUT2D eigenvalue weighted by molar-refractivity contribution is -0.137. The molecule has 0 spiro atoms. The highest BCUT2D eigenvalue weighted by Gasteiger charge is 2.34. The molecule has 21 heavy (non-hydrogen) atoms. The van der Waals surface area contributed by atoms with Crippen LogP contribution in [0.25, 0.3) is 0 Å². The summed E-state index contributed by atoms with van der Waals surface area (Å²) in [4.78, 5) is 12.8. The first-order valence-corrected chi connectivity index (χ1v) is 7.37. The Bertz CT molecular complexity index is 499. The van der Waals surface area contributed by atoms with Crippen molar-refractivity contribution in [3.63, 3.8) is 0 Å². The van der Waals surface area contributed by atoms with Gasteiger partial charge in [0.2, 0.25) is 0 Å². The summed E-state index contributed by atoms with van der Waals surface area (Å²) in [5.41, 5.74) is -0.580. The smallest absolute Gasteiger partial charge is 0.372 e. The number of carbonyl (C=O) groups excluding carboxylic acids is 1. The molecule has 1 aromatic carbocycles. The van der Waals surface area contributed by atoms with Gasteiger partial charge in [-0.2, -0.15) is 13.2 Å². The Morgan fingerprint density at radius 1 is 1.29 bits per heavy atom. The van der Waals surface area contributed by atoms with Crippen LogP contribution in [0.15, 0.2) is 18.2 Å². The second kappa shape index (κ2) is 6.50. The topological polar surface area (TPSA) is 20.3 Å². The largest absolute Gasteiger partial charge is 0.417 e. The third-order valence-electron chi connectivity index (χ3n) is 4.26. The van der Waals surface area contributed by atoms with Gasteiger partial charge in [-0.3, -0.25) is 4.79 Å². The lowest BCUT2D eigenvalue weighted by atomic mass is 9.98. The summed E-state index contributed by atoms with van der Waals surface area (Å²) in [7, 11) is 0. The molecule has 0 amide bonds. The van der Waals surface area contributed by atoms with Crippen molar-refractivity contribution in [3.8, 4) is 0 Å². The maximum absolute atomic E-state index is 13.0. The molecular weight excluding hydrogens is 279 g/mol. The Balaban J connectivity index is 2.26. The monoisotopic (exact) mass is 299 g/mol. The Morgan fingerprint density at radius 2 is 2.05 bits per heavy atom. The highest BCUT2D eigenvalue weighted by atomic mass is 19.4. The van der Waals surface area contributed by atoms with Gasteiger partial charge in [0.05, 0.1) is 5.56 Å². The van der Waals surface area contributed by atoms with E-state index in [0.29, 0.717) is 11.6 Å². The molecule has 0 aliphatic carbocycles. The van der Waals surface area contributed by atoms with Crippen LogP contribution in [0.1, 0.15) is 48.5 Å². The third-order valence-corrected chi connectivity index (χ3v) is 4.26. The quantitative estimate of drug-likeness (QED) is 0.764. The number of rotatable bonds is 3. The highest BCUT2D eigenvalue weighted by Crippen LogP contribution is 2.35. The molecule has 0 radical (unpaired) electrons. The molecule has 2 nitrogen and oxygen atoms in total. The van der Waals surface area contributed by atoms with E-state index < -0.39 is 11.7 Å². The van der Waals surface area contributed by atoms with Crippen LogP contribution in [0.2, 0.25) is 0 Å². The molecule has 0 aromatic heterocycles. The highest BCUT2D eigenvalue weighted by molar-refractivity contribution is 5.79. The Hall–Kier alpha value is -1.52. The Labute approximate surface area is 122 Å². The molecule has 1 aliphatic heterocycles. The fourth-order valence-corrected chi connectivity index (χ4v) is 2.92. The number of hydrogen-bond acceptors (Lipinski definition) is 2. The van der Waals surface area contributed by atoms with Crippen molar-refractivity contribution in [1.29, 1.82) is 0 Å². The predicted molar refractivity (Wildman–Crippen MR) is 76.7 cm³/mol. The first-order chi connectivity index (χ1) is 9.95. The van der Waals surface area contributed by atoms with Crippen LogP contribution in [0.3, 0.4) is 0 Å². The van der Waals surface area contributed by atoms with Crippen molar-refractivity contribution in [2.24, 2.45) is 5.92 Å². The molecule has 5 heteroatoms. The molecule has 1 aliphatic rings. The fourth-order valence-electron chi connectivity index (χ4n) is 2.92. The zero-order chi connectivity index (χ0) is 15.5. The molecular formula is C16H20F3NO. The van der Waals surface area contributed by atoms with Crippen molar-refractivity contribution in [1.82, 2.24) is 0 Å². The van der Waals surface area contributed by atoms with Gasteiger partial charge in [0.1, 0.15) is 0 Å². The van der Waals surface area contributed by atoms with E-state index >= 15 is 0 Å². The van der Waals surface area contributed by atoms with Crippen molar-refractivity contribution in [2.45, 2.75) is 38.8 Å². The Morgan fingerprint density at radius 3 is 2.67 bits per heavy atom. The van der Waals surface area contributed by atoms with Crippen LogP contribution >= 0.6 is 0 Å². The molecule has 1 heterocycles. The summed E-state index contributed by atoms with van der Waals surface area (Å²) in [6.45, 7) is 3.70. The van der Waals surface area contributed by atoms with Crippen molar-refractivity contribution in [2.75, 3.05) is 18.0 Å². The fraction of sp³-hybridized carbons (Fsp3) is 0.562. The van der Waals surface area contributed by atoms with Gasteiger partial charge in [0.15, 0.2) is 6.29 Å². The number of anilines is 1. The zero-order valence-corrected chi connectivity index (χ0v) is 12.1. The van der Waals surface area contributed by atoms with Crippen molar-refractivity contribution >= 4 is 12.0 Å². The molecule has 1 aromatic rings. The van der Waals surface area contributed by atoms with E-state index in [9.17, 15) is 18.0 Å². The molecule has 0 saturated carbocycles. The van der Waals surface area contributed by atoms with Gasteiger partial charge in [0.25, 0.3) is 0 Å². The van der Waals surface area contributed by atoms with Crippen LogP contribution in [0.4, 0.5) is 18.9 Å². The normalized spacial score (nSPS) is 20.2. The molecule has 1 fully saturated rings. The Kier molecular flexibility index (Phi) is 4.91. The predicted octanol–water partition coefficient (Wildman–Crippen LogP) is 4.53. The summed E-state index contributed by atoms with van der Waals surface area (Å²) >= 11 is 0. The van der Waals surface area contributed by atoms with Gasteiger partial charge in [-0.25, -0.2) is 0 Å². The van der Waals surface area contributed by atoms with Crippen LogP contribution in [0, 0.1) is 5.92 Å². The average molecular weight is 299 g/mol. The molecule has 1 atom stereocenters. The molecule has 116 valence electrons. The van der Waals surface area contributed by atoms with Gasteiger partial charge in [-0.15, -0.1) is 0 Å². The number of hydrogen-bond donors (Lipinski definition) is 0. The van der Waals surface area contributed by atoms with Gasteiger partial charge in [-0.05, 0) is 43.4 Å². The minimum Gasteiger partial charge on any atom is -0.372 e. The van der Waals surface area contributed by atoms with E-state index in [0.717, 1.165) is 44.8 Å². The van der Waals surface area contributed by atoms with E-state index in [1.807, 2.05) is 4.90 Å². The second-order valence-electron chi connectivity index (χ2n) is 5.58. The first-order valence-electron chi connectivity index (χ1n) is 7.37. The second-order valence-corrected chi connectivity index (χ2v) is 5.58. The maximum atomic E-state index is 13.0. The van der Waals surface area contributed by atoms with Gasteiger partial charge < -0.3 is 4.90 Å². The number of halogens is 3. The average Bonchev–Trinajstić information content (AvgIpc) is 2.71. The van der Waals surface area contributed by atoms with E-state index in [-0.39, 0.29) is 11.8 Å². The number of carbonyl (C=O) groups is 1. The van der Waals surface area contributed by atoms with Gasteiger partial charge >= 0.3 is 6.18 Å². The standard InChI is InChI=1S/C16H20F3NO/c1-2-12-4-3-8-20(9-7-12)14-6-5-13(11-21)15(10-14)16(17,18)19/h5-6,10-12H,2-4,7-9H2,1H3. The van der Waals surface area contributed by atoms with Gasteiger partial charge in [-0.1, -0.05) is 13.3 Å². The number of aldehydes is 1.